The second-order valence-corrected chi connectivity index (χ2v) is 5.69. The molecule has 0 saturated heterocycles. The Morgan fingerprint density at radius 1 is 1.32 bits per heavy atom. The van der Waals surface area contributed by atoms with Gasteiger partial charge in [0.25, 0.3) is 11.5 Å². The van der Waals surface area contributed by atoms with E-state index in [1.54, 1.807) is 24.2 Å². The third-order valence-corrected chi connectivity index (χ3v) is 4.20. The molecule has 19 heavy (non-hydrogen) atoms. The van der Waals surface area contributed by atoms with Gasteiger partial charge < -0.3 is 9.47 Å². The molecule has 0 spiro atoms. The number of nitrogens with zero attached hydrogens (tertiary/aromatic N) is 2. The van der Waals surface area contributed by atoms with Gasteiger partial charge in [-0.2, -0.15) is 0 Å². The van der Waals surface area contributed by atoms with Crippen molar-refractivity contribution in [3.8, 4) is 0 Å². The highest BCUT2D eigenvalue weighted by Gasteiger charge is 2.25. The number of aromatic nitrogens is 1. The molecular formula is C15H22N2O2. The van der Waals surface area contributed by atoms with Crippen molar-refractivity contribution in [1.82, 2.24) is 9.47 Å². The van der Waals surface area contributed by atoms with E-state index in [0.717, 1.165) is 18.8 Å². The summed E-state index contributed by atoms with van der Waals surface area (Å²) in [6.07, 6.45) is 6.13. The number of carbonyl (C=O) groups is 1. The molecule has 4 heteroatoms. The number of rotatable bonds is 2. The van der Waals surface area contributed by atoms with E-state index < -0.39 is 0 Å². The van der Waals surface area contributed by atoms with Gasteiger partial charge in [0.2, 0.25) is 0 Å². The first-order valence-corrected chi connectivity index (χ1v) is 6.93. The summed E-state index contributed by atoms with van der Waals surface area (Å²) >= 11 is 0. The summed E-state index contributed by atoms with van der Waals surface area (Å²) in [4.78, 5) is 25.8. The molecule has 1 aliphatic carbocycles. The number of pyridine rings is 1. The lowest BCUT2D eigenvalue weighted by Gasteiger charge is -2.33. The third kappa shape index (κ3) is 3.06. The molecular weight excluding hydrogens is 240 g/mol. The summed E-state index contributed by atoms with van der Waals surface area (Å²) in [5, 5.41) is 0. The molecule has 0 atom stereocenters. The standard InChI is InChI=1S/C15H22N2O2/c1-11-4-6-13(7-5-11)17(3)15(19)12-8-9-16(2)14(18)10-12/h8-11,13H,4-7H2,1-3H3. The van der Waals surface area contributed by atoms with Crippen LogP contribution in [0.1, 0.15) is 43.0 Å². The van der Waals surface area contributed by atoms with Gasteiger partial charge in [-0.05, 0) is 37.7 Å². The molecule has 0 bridgehead atoms. The van der Waals surface area contributed by atoms with Gasteiger partial charge in [-0.3, -0.25) is 9.59 Å². The van der Waals surface area contributed by atoms with Crippen molar-refractivity contribution in [3.63, 3.8) is 0 Å². The van der Waals surface area contributed by atoms with Gasteiger partial charge in [0.15, 0.2) is 0 Å². The first kappa shape index (κ1) is 13.8. The van der Waals surface area contributed by atoms with Gasteiger partial charge in [0.05, 0.1) is 0 Å². The molecule has 104 valence electrons. The molecule has 0 unspecified atom stereocenters. The molecule has 0 radical (unpaired) electrons. The quantitative estimate of drug-likeness (QED) is 0.818. The predicted octanol–water partition coefficient (Wildman–Crippen LogP) is 2.04. The van der Waals surface area contributed by atoms with Crippen molar-refractivity contribution < 1.29 is 4.79 Å². The lowest BCUT2D eigenvalue weighted by Crippen LogP contribution is -2.39. The fourth-order valence-corrected chi connectivity index (χ4v) is 2.68. The number of hydrogen-bond acceptors (Lipinski definition) is 2. The first-order chi connectivity index (χ1) is 8.99. The molecule has 1 aliphatic rings. The van der Waals surface area contributed by atoms with E-state index >= 15 is 0 Å². The van der Waals surface area contributed by atoms with Crippen LogP contribution in [-0.4, -0.2) is 28.5 Å². The van der Waals surface area contributed by atoms with E-state index in [0.29, 0.717) is 11.6 Å². The second kappa shape index (κ2) is 5.59. The summed E-state index contributed by atoms with van der Waals surface area (Å²) < 4.78 is 1.47. The second-order valence-electron chi connectivity index (χ2n) is 5.69. The fourth-order valence-electron chi connectivity index (χ4n) is 2.68. The normalized spacial score (nSPS) is 23.1. The van der Waals surface area contributed by atoms with Crippen molar-refractivity contribution in [2.75, 3.05) is 7.05 Å². The lowest BCUT2D eigenvalue weighted by molar-refractivity contribution is 0.0679. The van der Waals surface area contributed by atoms with Crippen LogP contribution in [0.25, 0.3) is 0 Å². The van der Waals surface area contributed by atoms with Gasteiger partial charge >= 0.3 is 0 Å². The molecule has 1 aromatic rings. The summed E-state index contributed by atoms with van der Waals surface area (Å²) in [5.41, 5.74) is 0.348. The maximum atomic E-state index is 12.4. The topological polar surface area (TPSA) is 42.3 Å². The van der Waals surface area contributed by atoms with Crippen LogP contribution < -0.4 is 5.56 Å². The summed E-state index contributed by atoms with van der Waals surface area (Å²) in [7, 11) is 3.53. The zero-order chi connectivity index (χ0) is 14.0. The molecule has 0 aliphatic heterocycles. The van der Waals surface area contributed by atoms with E-state index in [1.165, 1.54) is 23.5 Å². The van der Waals surface area contributed by atoms with E-state index in [2.05, 4.69) is 6.92 Å². The Labute approximate surface area is 114 Å². The Kier molecular flexibility index (Phi) is 4.08. The van der Waals surface area contributed by atoms with Crippen LogP contribution in [0.15, 0.2) is 23.1 Å². The SMILES string of the molecule is CC1CCC(N(C)C(=O)c2ccn(C)c(=O)c2)CC1. The molecule has 1 amide bonds. The van der Waals surface area contributed by atoms with E-state index in [9.17, 15) is 9.59 Å². The monoisotopic (exact) mass is 262 g/mol. The minimum atomic E-state index is -0.142. The molecule has 0 aromatic carbocycles. The maximum Gasteiger partial charge on any atom is 0.254 e. The van der Waals surface area contributed by atoms with Gasteiger partial charge in [-0.15, -0.1) is 0 Å². The smallest absolute Gasteiger partial charge is 0.254 e. The fraction of sp³-hybridized carbons (Fsp3) is 0.600. The van der Waals surface area contributed by atoms with Crippen molar-refractivity contribution in [3.05, 3.63) is 34.2 Å². The number of carbonyl (C=O) groups excluding carboxylic acids is 1. The zero-order valence-corrected chi connectivity index (χ0v) is 11.9. The van der Waals surface area contributed by atoms with Crippen molar-refractivity contribution in [2.24, 2.45) is 13.0 Å². The van der Waals surface area contributed by atoms with Crippen LogP contribution in [0.4, 0.5) is 0 Å². The van der Waals surface area contributed by atoms with Gasteiger partial charge in [-0.1, -0.05) is 6.92 Å². The molecule has 4 nitrogen and oxygen atoms in total. The predicted molar refractivity (Wildman–Crippen MR) is 75.2 cm³/mol. The highest BCUT2D eigenvalue weighted by atomic mass is 16.2. The van der Waals surface area contributed by atoms with Crippen LogP contribution in [0, 0.1) is 5.92 Å². The summed E-state index contributed by atoms with van der Waals surface area (Å²) in [5.74, 6) is 0.723. The maximum absolute atomic E-state index is 12.4. The van der Waals surface area contributed by atoms with E-state index in [1.807, 2.05) is 7.05 Å². The third-order valence-electron chi connectivity index (χ3n) is 4.20. The number of amides is 1. The number of hydrogen-bond donors (Lipinski definition) is 0. The average molecular weight is 262 g/mol. The van der Waals surface area contributed by atoms with E-state index in [4.69, 9.17) is 0 Å². The Hall–Kier alpha value is -1.58. The van der Waals surface area contributed by atoms with Crippen LogP contribution in [0.3, 0.4) is 0 Å². The van der Waals surface area contributed by atoms with Crippen LogP contribution in [0.5, 0.6) is 0 Å². The van der Waals surface area contributed by atoms with Gasteiger partial charge in [-0.25, -0.2) is 0 Å². The minimum Gasteiger partial charge on any atom is -0.339 e. The molecule has 1 aromatic heterocycles. The highest BCUT2D eigenvalue weighted by molar-refractivity contribution is 5.94. The van der Waals surface area contributed by atoms with Crippen molar-refractivity contribution in [2.45, 2.75) is 38.6 Å². The molecule has 1 fully saturated rings. The largest absolute Gasteiger partial charge is 0.339 e. The zero-order valence-electron chi connectivity index (χ0n) is 11.9. The lowest BCUT2D eigenvalue weighted by atomic mass is 9.86. The minimum absolute atomic E-state index is 0.0442. The summed E-state index contributed by atoms with van der Waals surface area (Å²) in [6, 6.07) is 3.45. The Morgan fingerprint density at radius 3 is 2.53 bits per heavy atom. The Bertz CT molecular complexity index is 513. The van der Waals surface area contributed by atoms with Crippen LogP contribution in [0.2, 0.25) is 0 Å². The Morgan fingerprint density at radius 2 is 1.95 bits per heavy atom. The highest BCUT2D eigenvalue weighted by Crippen LogP contribution is 2.27. The summed E-state index contributed by atoms with van der Waals surface area (Å²) in [6.45, 7) is 2.26. The van der Waals surface area contributed by atoms with Crippen molar-refractivity contribution >= 4 is 5.91 Å². The van der Waals surface area contributed by atoms with Crippen LogP contribution >= 0.6 is 0 Å². The Balaban J connectivity index is 2.10. The first-order valence-electron chi connectivity index (χ1n) is 6.93. The van der Waals surface area contributed by atoms with Gasteiger partial charge in [0.1, 0.15) is 0 Å². The molecule has 2 rings (SSSR count). The van der Waals surface area contributed by atoms with Crippen molar-refractivity contribution in [1.29, 1.82) is 0 Å². The molecule has 0 N–H and O–H groups in total. The molecule has 1 saturated carbocycles. The van der Waals surface area contributed by atoms with Crippen LogP contribution in [-0.2, 0) is 7.05 Å². The number of aryl methyl sites for hydroxylation is 1. The molecule has 1 heterocycles. The van der Waals surface area contributed by atoms with E-state index in [-0.39, 0.29) is 11.5 Å². The average Bonchev–Trinajstić information content (AvgIpc) is 2.41. The van der Waals surface area contributed by atoms with Gasteiger partial charge in [0, 0.05) is 38.0 Å².